The van der Waals surface area contributed by atoms with Crippen LogP contribution in [0.2, 0.25) is 0 Å². The topological polar surface area (TPSA) is 96.2 Å². The number of hydrogen-bond acceptors (Lipinski definition) is 6. The molecule has 3 heterocycles. The zero-order chi connectivity index (χ0) is 18.0. The Morgan fingerprint density at radius 2 is 2.00 bits per heavy atom. The fraction of sp³-hybridized carbons (Fsp3) is 0.471. The van der Waals surface area contributed by atoms with Crippen LogP contribution in [0.5, 0.6) is 0 Å². The molecule has 8 nitrogen and oxygen atoms in total. The molecule has 132 valence electrons. The van der Waals surface area contributed by atoms with Crippen LogP contribution < -0.4 is 16.6 Å². The molecule has 0 saturated carbocycles. The molecule has 2 aromatic heterocycles. The van der Waals surface area contributed by atoms with Gasteiger partial charge in [0.25, 0.3) is 5.56 Å². The van der Waals surface area contributed by atoms with Gasteiger partial charge in [-0.3, -0.25) is 18.8 Å². The molecule has 0 amide bonds. The van der Waals surface area contributed by atoms with E-state index in [1.807, 2.05) is 18.2 Å². The average molecular weight is 343 g/mol. The van der Waals surface area contributed by atoms with Crippen LogP contribution in [0, 0.1) is 11.3 Å². The Balaban J connectivity index is 1.93. The van der Waals surface area contributed by atoms with Crippen molar-refractivity contribution < 1.29 is 4.42 Å². The molecule has 1 atom stereocenters. The van der Waals surface area contributed by atoms with Gasteiger partial charge >= 0.3 is 5.69 Å². The number of nitrogens with zero attached hydrogens (tertiary/aromatic N) is 4. The smallest absolute Gasteiger partial charge is 0.332 e. The van der Waals surface area contributed by atoms with Gasteiger partial charge in [0, 0.05) is 20.6 Å². The monoisotopic (exact) mass is 343 g/mol. The zero-order valence-electron chi connectivity index (χ0n) is 14.4. The first-order valence-corrected chi connectivity index (χ1v) is 8.26. The van der Waals surface area contributed by atoms with Gasteiger partial charge in [0.05, 0.1) is 12.3 Å². The maximum absolute atomic E-state index is 12.2. The number of hydrogen-bond donors (Lipinski definition) is 1. The molecule has 0 bridgehead atoms. The van der Waals surface area contributed by atoms with Gasteiger partial charge in [0.1, 0.15) is 17.6 Å². The van der Waals surface area contributed by atoms with Crippen LogP contribution in [0.3, 0.4) is 0 Å². The third kappa shape index (κ3) is 3.10. The summed E-state index contributed by atoms with van der Waals surface area (Å²) in [5.74, 6) is 1.06. The van der Waals surface area contributed by atoms with Gasteiger partial charge < -0.3 is 9.73 Å². The number of anilines is 1. The summed E-state index contributed by atoms with van der Waals surface area (Å²) in [5.41, 5.74) is -1.13. The Kier molecular flexibility index (Phi) is 4.76. The molecule has 1 saturated heterocycles. The normalized spacial score (nSPS) is 15.9. The summed E-state index contributed by atoms with van der Waals surface area (Å²) in [6, 6.07) is 5.64. The minimum Gasteiger partial charge on any atom is -0.468 e. The second kappa shape index (κ2) is 6.99. The predicted octanol–water partition coefficient (Wildman–Crippen LogP) is 0.798. The highest BCUT2D eigenvalue weighted by atomic mass is 16.3. The molecular weight excluding hydrogens is 322 g/mol. The van der Waals surface area contributed by atoms with Crippen LogP contribution >= 0.6 is 0 Å². The van der Waals surface area contributed by atoms with Crippen molar-refractivity contribution in [2.75, 3.05) is 25.0 Å². The summed E-state index contributed by atoms with van der Waals surface area (Å²) in [6.45, 7) is 2.37. The highest BCUT2D eigenvalue weighted by Gasteiger charge is 2.26. The fourth-order valence-electron chi connectivity index (χ4n) is 3.29. The molecule has 1 N–H and O–H groups in total. The third-order valence-corrected chi connectivity index (χ3v) is 4.69. The van der Waals surface area contributed by atoms with Crippen molar-refractivity contribution in [3.8, 4) is 6.07 Å². The quantitative estimate of drug-likeness (QED) is 0.862. The Morgan fingerprint density at radius 1 is 1.28 bits per heavy atom. The Morgan fingerprint density at radius 3 is 2.60 bits per heavy atom. The molecule has 8 heteroatoms. The van der Waals surface area contributed by atoms with E-state index in [1.54, 1.807) is 13.3 Å². The summed E-state index contributed by atoms with van der Waals surface area (Å²) in [7, 11) is 2.91. The molecule has 1 fully saturated rings. The van der Waals surface area contributed by atoms with Crippen LogP contribution in [0.4, 0.5) is 5.82 Å². The number of aromatic nitrogens is 2. The van der Waals surface area contributed by atoms with E-state index in [-0.39, 0.29) is 17.4 Å². The van der Waals surface area contributed by atoms with Crippen LogP contribution in [-0.2, 0) is 14.1 Å². The van der Waals surface area contributed by atoms with E-state index in [4.69, 9.17) is 4.42 Å². The lowest BCUT2D eigenvalue weighted by Gasteiger charge is -2.27. The van der Waals surface area contributed by atoms with E-state index in [1.165, 1.54) is 11.6 Å². The van der Waals surface area contributed by atoms with Crippen LogP contribution in [0.1, 0.15) is 30.2 Å². The van der Waals surface area contributed by atoms with Gasteiger partial charge in [-0.1, -0.05) is 0 Å². The summed E-state index contributed by atoms with van der Waals surface area (Å²) >= 11 is 0. The van der Waals surface area contributed by atoms with Crippen molar-refractivity contribution in [2.45, 2.75) is 18.9 Å². The van der Waals surface area contributed by atoms with Gasteiger partial charge in [-0.05, 0) is 38.1 Å². The first-order chi connectivity index (χ1) is 12.0. The number of nitriles is 1. The molecular formula is C17H21N5O3. The van der Waals surface area contributed by atoms with E-state index >= 15 is 0 Å². The second-order valence-corrected chi connectivity index (χ2v) is 6.20. The third-order valence-electron chi connectivity index (χ3n) is 4.69. The van der Waals surface area contributed by atoms with E-state index in [0.717, 1.165) is 36.3 Å². The number of nitrogens with one attached hydrogen (secondary N) is 1. The summed E-state index contributed by atoms with van der Waals surface area (Å²) in [6.07, 6.45) is 3.89. The summed E-state index contributed by atoms with van der Waals surface area (Å²) in [4.78, 5) is 26.6. The summed E-state index contributed by atoms with van der Waals surface area (Å²) < 4.78 is 7.80. The van der Waals surface area contributed by atoms with Crippen molar-refractivity contribution in [3.05, 3.63) is 50.6 Å². The lowest BCUT2D eigenvalue weighted by atomic mass is 10.2. The van der Waals surface area contributed by atoms with Crippen molar-refractivity contribution in [2.24, 2.45) is 14.1 Å². The minimum absolute atomic E-state index is 0.0248. The van der Waals surface area contributed by atoms with Crippen LogP contribution in [-0.4, -0.2) is 33.7 Å². The number of likely N-dealkylation sites (tertiary alicyclic amines) is 1. The van der Waals surface area contributed by atoms with E-state index in [9.17, 15) is 14.9 Å². The molecule has 1 aliphatic heterocycles. The number of furan rings is 1. The van der Waals surface area contributed by atoms with E-state index < -0.39 is 11.2 Å². The maximum Gasteiger partial charge on any atom is 0.332 e. The van der Waals surface area contributed by atoms with Crippen molar-refractivity contribution in [1.29, 1.82) is 5.26 Å². The minimum atomic E-state index is -0.594. The second-order valence-electron chi connectivity index (χ2n) is 6.20. The predicted molar refractivity (Wildman–Crippen MR) is 92.4 cm³/mol. The molecule has 2 aromatic rings. The first-order valence-electron chi connectivity index (χ1n) is 8.26. The van der Waals surface area contributed by atoms with Crippen molar-refractivity contribution >= 4 is 5.82 Å². The Hall–Kier alpha value is -2.79. The molecule has 0 radical (unpaired) electrons. The number of rotatable bonds is 5. The van der Waals surface area contributed by atoms with Crippen LogP contribution in [0.25, 0.3) is 0 Å². The highest BCUT2D eigenvalue weighted by Crippen LogP contribution is 2.26. The van der Waals surface area contributed by atoms with Gasteiger partial charge in [-0.15, -0.1) is 0 Å². The van der Waals surface area contributed by atoms with Gasteiger partial charge in [0.15, 0.2) is 5.56 Å². The molecule has 0 aliphatic carbocycles. The average Bonchev–Trinajstić information content (AvgIpc) is 3.32. The first kappa shape index (κ1) is 17.0. The Bertz CT molecular complexity index is 898. The molecule has 0 aromatic carbocycles. The summed E-state index contributed by atoms with van der Waals surface area (Å²) in [5, 5.41) is 12.5. The van der Waals surface area contributed by atoms with E-state index in [2.05, 4.69) is 10.2 Å². The van der Waals surface area contributed by atoms with Gasteiger partial charge in [0.2, 0.25) is 0 Å². The van der Waals surface area contributed by atoms with Gasteiger partial charge in [-0.25, -0.2) is 4.79 Å². The molecule has 25 heavy (non-hydrogen) atoms. The SMILES string of the molecule is Cn1c(NCC(c2ccco2)N2CCCC2)c(C#N)c(=O)n(C)c1=O. The zero-order valence-corrected chi connectivity index (χ0v) is 14.4. The Labute approximate surface area is 144 Å². The highest BCUT2D eigenvalue weighted by molar-refractivity contribution is 5.51. The standard InChI is InChI=1S/C17H21N5O3/c1-20-15(12(10-18)16(23)21(2)17(20)24)19-11-13(14-6-5-9-25-14)22-7-3-4-8-22/h5-6,9,13,19H,3-4,7-8,11H2,1-2H3. The largest absolute Gasteiger partial charge is 0.468 e. The lowest BCUT2D eigenvalue weighted by molar-refractivity contribution is 0.225. The molecule has 3 rings (SSSR count). The maximum atomic E-state index is 12.2. The van der Waals surface area contributed by atoms with Crippen molar-refractivity contribution in [1.82, 2.24) is 14.0 Å². The van der Waals surface area contributed by atoms with Gasteiger partial charge in [-0.2, -0.15) is 5.26 Å². The van der Waals surface area contributed by atoms with Crippen LogP contribution in [0.15, 0.2) is 32.4 Å². The molecule has 1 unspecified atom stereocenters. The van der Waals surface area contributed by atoms with Crippen molar-refractivity contribution in [3.63, 3.8) is 0 Å². The fourth-order valence-corrected chi connectivity index (χ4v) is 3.29. The lowest BCUT2D eigenvalue weighted by Crippen LogP contribution is -2.40. The molecule has 1 aliphatic rings. The molecule has 0 spiro atoms. The van der Waals surface area contributed by atoms with E-state index in [0.29, 0.717) is 6.54 Å².